The zero-order valence-electron chi connectivity index (χ0n) is 14.6. The van der Waals surface area contributed by atoms with Gasteiger partial charge in [-0.3, -0.25) is 0 Å². The van der Waals surface area contributed by atoms with E-state index >= 15 is 0 Å². The van der Waals surface area contributed by atoms with Gasteiger partial charge >= 0.3 is 65.6 Å². The molecule has 0 rings (SSSR count). The van der Waals surface area contributed by atoms with Crippen LogP contribution in [0.25, 0.3) is 0 Å². The predicted octanol–water partition coefficient (Wildman–Crippen LogP) is 6.85. The molecule has 0 aromatic carbocycles. The Bertz CT molecular complexity index is 716. The summed E-state index contributed by atoms with van der Waals surface area (Å²) < 4.78 is 294. The molecule has 0 amide bonds. The average molecular weight is 586 g/mol. The molecule has 0 radical (unpaired) electrons. The maximum Gasteiger partial charge on any atom is 0.460 e. The monoisotopic (exact) mass is 586 g/mol. The van der Waals surface area contributed by atoms with E-state index in [2.05, 4.69) is 0 Å². The molecular formula is C11HF23O. The van der Waals surface area contributed by atoms with E-state index in [4.69, 9.17) is 5.11 Å². The molecule has 0 saturated carbocycles. The molecule has 0 atom stereocenters. The Balaban J connectivity index is 7.15. The fourth-order valence-electron chi connectivity index (χ4n) is 1.75. The van der Waals surface area contributed by atoms with Gasteiger partial charge in [0.1, 0.15) is 0 Å². The number of hydrogen-bond donors (Lipinski definition) is 1. The SMILES string of the molecule is OC(F)(F)C(F)(F)C(F)(F)C(F)(F)C(F)(F)C(F)(F)C(F)(F)C(F)(F)C(F)(F)C(F)(F)C(F)(F)F. The quantitative estimate of drug-likeness (QED) is 0.293. The van der Waals surface area contributed by atoms with E-state index in [0.29, 0.717) is 0 Å². The normalized spacial score (nSPS) is 17.1. The minimum atomic E-state index is -9.43. The van der Waals surface area contributed by atoms with Crippen LogP contribution >= 0.6 is 0 Å². The minimum Gasteiger partial charge on any atom is -0.331 e. The number of rotatable bonds is 9. The summed E-state index contributed by atoms with van der Waals surface area (Å²) in [6.45, 7) is 0. The van der Waals surface area contributed by atoms with Gasteiger partial charge in [0.05, 0.1) is 0 Å². The first-order valence-corrected chi connectivity index (χ1v) is 7.07. The molecule has 1 N–H and O–H groups in total. The summed E-state index contributed by atoms with van der Waals surface area (Å²) in [5.41, 5.74) is 0. The lowest BCUT2D eigenvalue weighted by molar-refractivity contribution is -0.485. The summed E-state index contributed by atoms with van der Waals surface area (Å²) in [6.07, 6.45) is -15.7. The van der Waals surface area contributed by atoms with Crippen LogP contribution in [-0.2, 0) is 0 Å². The third-order valence-electron chi connectivity index (χ3n) is 3.89. The van der Waals surface area contributed by atoms with E-state index in [9.17, 15) is 101 Å². The Kier molecular flexibility index (Phi) is 7.32. The highest BCUT2D eigenvalue weighted by Gasteiger charge is 2.98. The maximum atomic E-state index is 13.3. The molecule has 212 valence electrons. The molecule has 0 saturated heterocycles. The van der Waals surface area contributed by atoms with Gasteiger partial charge in [0.25, 0.3) is 0 Å². The van der Waals surface area contributed by atoms with E-state index < -0.39 is 65.6 Å². The lowest BCUT2D eigenvalue weighted by atomic mass is 9.86. The van der Waals surface area contributed by atoms with Gasteiger partial charge in [0, 0.05) is 0 Å². The van der Waals surface area contributed by atoms with Crippen molar-refractivity contribution in [3.05, 3.63) is 0 Å². The standard InChI is InChI=1S/C11HF23O/c12-1(13,2(14,15)4(18,19)6(22,23)8(26,27)10(30,31)32)3(16,17)5(20,21)7(24,25)9(28,29)11(33,34)35/h35H. The van der Waals surface area contributed by atoms with Crippen LogP contribution in [0.1, 0.15) is 0 Å². The molecule has 0 aliphatic carbocycles. The number of aliphatic hydroxyl groups is 1. The van der Waals surface area contributed by atoms with Crippen molar-refractivity contribution in [2.75, 3.05) is 0 Å². The summed E-state index contributed by atoms with van der Waals surface area (Å²) in [5, 5.41) is 7.39. The van der Waals surface area contributed by atoms with Gasteiger partial charge < -0.3 is 5.11 Å². The van der Waals surface area contributed by atoms with Crippen LogP contribution in [0.2, 0.25) is 0 Å². The third-order valence-corrected chi connectivity index (χ3v) is 3.89. The van der Waals surface area contributed by atoms with Gasteiger partial charge in [-0.15, -0.1) is 0 Å². The summed E-state index contributed by atoms with van der Waals surface area (Å²) in [5.74, 6) is -81.4. The van der Waals surface area contributed by atoms with E-state index in [1.54, 1.807) is 0 Å². The maximum absolute atomic E-state index is 13.3. The molecule has 0 heterocycles. The molecule has 0 aromatic rings. The van der Waals surface area contributed by atoms with Crippen molar-refractivity contribution >= 4 is 0 Å². The summed E-state index contributed by atoms with van der Waals surface area (Å²) >= 11 is 0. The highest BCUT2D eigenvalue weighted by atomic mass is 19.4. The van der Waals surface area contributed by atoms with Crippen LogP contribution in [0, 0.1) is 0 Å². The molecule has 24 heteroatoms. The van der Waals surface area contributed by atoms with E-state index in [0.717, 1.165) is 0 Å². The molecule has 35 heavy (non-hydrogen) atoms. The topological polar surface area (TPSA) is 20.2 Å². The molecule has 0 aromatic heterocycles. The lowest BCUT2D eigenvalue weighted by Gasteiger charge is -2.44. The van der Waals surface area contributed by atoms with Crippen molar-refractivity contribution in [3.63, 3.8) is 0 Å². The summed E-state index contributed by atoms with van der Waals surface area (Å²) in [4.78, 5) is 0. The number of halogens is 23. The van der Waals surface area contributed by atoms with Gasteiger partial charge in [-0.05, 0) is 0 Å². The van der Waals surface area contributed by atoms with Gasteiger partial charge in [-0.1, -0.05) is 0 Å². The van der Waals surface area contributed by atoms with Gasteiger partial charge in [-0.2, -0.15) is 101 Å². The van der Waals surface area contributed by atoms with Crippen LogP contribution in [0.4, 0.5) is 101 Å². The van der Waals surface area contributed by atoms with Crippen molar-refractivity contribution in [2.45, 2.75) is 65.6 Å². The van der Waals surface area contributed by atoms with Crippen molar-refractivity contribution in [2.24, 2.45) is 0 Å². The molecule has 1 nitrogen and oxygen atoms in total. The van der Waals surface area contributed by atoms with Gasteiger partial charge in [-0.25, -0.2) is 0 Å². The highest BCUT2D eigenvalue weighted by molar-refractivity contribution is 5.18. The van der Waals surface area contributed by atoms with Gasteiger partial charge in [0.2, 0.25) is 0 Å². The largest absolute Gasteiger partial charge is 0.460 e. The lowest BCUT2D eigenvalue weighted by Crippen LogP contribution is -2.77. The zero-order valence-corrected chi connectivity index (χ0v) is 14.6. The van der Waals surface area contributed by atoms with Crippen molar-refractivity contribution in [3.8, 4) is 0 Å². The van der Waals surface area contributed by atoms with Crippen LogP contribution in [-0.4, -0.2) is 70.7 Å². The van der Waals surface area contributed by atoms with E-state index in [1.165, 1.54) is 0 Å². The predicted molar refractivity (Wildman–Crippen MR) is 57.7 cm³/mol. The number of alkyl halides is 23. The molecule has 0 spiro atoms. The van der Waals surface area contributed by atoms with Crippen molar-refractivity contribution in [1.29, 1.82) is 0 Å². The van der Waals surface area contributed by atoms with Crippen LogP contribution in [0.15, 0.2) is 0 Å². The fraction of sp³-hybridized carbons (Fsp3) is 1.00. The molecule has 0 bridgehead atoms. The van der Waals surface area contributed by atoms with Crippen LogP contribution in [0.3, 0.4) is 0 Å². The first kappa shape index (κ1) is 33.4. The van der Waals surface area contributed by atoms with Crippen molar-refractivity contribution in [1.82, 2.24) is 0 Å². The minimum absolute atomic E-state index is 7.39. The molecule has 0 aliphatic rings. The Morgan fingerprint density at radius 2 is 0.371 bits per heavy atom. The molecule has 0 fully saturated rings. The Labute approximate surface area is 173 Å². The Hall–Kier alpha value is -1.65. The number of hydrogen-bond acceptors (Lipinski definition) is 1. The van der Waals surface area contributed by atoms with E-state index in [1.807, 2.05) is 0 Å². The molecule has 0 unspecified atom stereocenters. The zero-order chi connectivity index (χ0) is 29.5. The highest BCUT2D eigenvalue weighted by Crippen LogP contribution is 2.66. The molecular weight excluding hydrogens is 585 g/mol. The molecule has 0 aliphatic heterocycles. The van der Waals surface area contributed by atoms with E-state index in [-0.39, 0.29) is 0 Å². The third kappa shape index (κ3) is 3.82. The van der Waals surface area contributed by atoms with Crippen LogP contribution in [0.5, 0.6) is 0 Å². The first-order chi connectivity index (χ1) is 14.5. The summed E-state index contributed by atoms with van der Waals surface area (Å²) in [7, 11) is 0. The van der Waals surface area contributed by atoms with Crippen LogP contribution < -0.4 is 0 Å². The van der Waals surface area contributed by atoms with Crippen molar-refractivity contribution < 1.29 is 106 Å². The fourth-order valence-corrected chi connectivity index (χ4v) is 1.75. The summed E-state index contributed by atoms with van der Waals surface area (Å²) in [6, 6.07) is 0. The Morgan fingerprint density at radius 3 is 0.514 bits per heavy atom. The second-order valence-electron chi connectivity index (χ2n) is 6.21. The smallest absolute Gasteiger partial charge is 0.331 e. The Morgan fingerprint density at radius 1 is 0.229 bits per heavy atom. The van der Waals surface area contributed by atoms with Gasteiger partial charge in [0.15, 0.2) is 0 Å². The second-order valence-corrected chi connectivity index (χ2v) is 6.21. The first-order valence-electron chi connectivity index (χ1n) is 7.07. The average Bonchev–Trinajstić information content (AvgIpc) is 2.58. The second kappa shape index (κ2) is 7.68.